The number of alkyl halides is 3. The number of benzene rings is 3. The summed E-state index contributed by atoms with van der Waals surface area (Å²) in [6.07, 6.45) is -2.13. The molecular weight excluding hydrogens is 474 g/mol. The predicted octanol–water partition coefficient (Wildman–Crippen LogP) is 7.15. The average Bonchev–Trinajstić information content (AvgIpc) is 2.98. The molecule has 1 unspecified atom stereocenters. The first-order chi connectivity index (χ1) is 15.6. The van der Waals surface area contributed by atoms with Crippen molar-refractivity contribution < 1.29 is 22.8 Å². The molecular formula is C25H16Cl2F3NO2. The van der Waals surface area contributed by atoms with Crippen LogP contribution in [0.3, 0.4) is 0 Å². The molecule has 2 amide bonds. The summed E-state index contributed by atoms with van der Waals surface area (Å²) in [4.78, 5) is 26.2. The van der Waals surface area contributed by atoms with Gasteiger partial charge >= 0.3 is 6.18 Å². The molecule has 0 N–H and O–H groups in total. The first-order valence-electron chi connectivity index (χ1n) is 9.88. The number of imide groups is 1. The smallest absolute Gasteiger partial charge is 0.270 e. The Labute approximate surface area is 198 Å². The normalized spacial score (nSPS) is 14.8. The summed E-state index contributed by atoms with van der Waals surface area (Å²) < 4.78 is 40.9. The van der Waals surface area contributed by atoms with Gasteiger partial charge in [0.05, 0.1) is 23.6 Å². The number of carbonyl (C=O) groups excluding carboxylic acids is 2. The zero-order valence-electron chi connectivity index (χ0n) is 16.9. The van der Waals surface area contributed by atoms with Crippen molar-refractivity contribution in [1.82, 2.24) is 4.90 Å². The molecule has 0 saturated heterocycles. The Hall–Kier alpha value is -3.09. The quantitative estimate of drug-likeness (QED) is 0.357. The van der Waals surface area contributed by atoms with Crippen molar-refractivity contribution in [3.63, 3.8) is 0 Å². The van der Waals surface area contributed by atoms with Gasteiger partial charge in [-0.2, -0.15) is 13.2 Å². The number of amides is 2. The van der Waals surface area contributed by atoms with Crippen LogP contribution in [0.25, 0.3) is 6.08 Å². The SMILES string of the molecule is O=C1c2ccccc2C(=O)N1Cc1ccc(C=CC(c2cc(Cl)cc(Cl)c2)C(F)(F)F)cc1. The van der Waals surface area contributed by atoms with Crippen LogP contribution in [0.5, 0.6) is 0 Å². The molecule has 8 heteroatoms. The highest BCUT2D eigenvalue weighted by molar-refractivity contribution is 6.34. The Kier molecular flexibility index (Phi) is 6.32. The topological polar surface area (TPSA) is 37.4 Å². The van der Waals surface area contributed by atoms with Gasteiger partial charge in [0, 0.05) is 10.0 Å². The number of hydrogen-bond acceptors (Lipinski definition) is 2. The van der Waals surface area contributed by atoms with E-state index in [1.54, 1.807) is 48.5 Å². The fourth-order valence-electron chi connectivity index (χ4n) is 3.67. The molecule has 4 rings (SSSR count). The Morgan fingerprint density at radius 1 is 0.848 bits per heavy atom. The summed E-state index contributed by atoms with van der Waals surface area (Å²) in [5.41, 5.74) is 1.88. The van der Waals surface area contributed by atoms with Gasteiger partial charge in [0.1, 0.15) is 0 Å². The maximum Gasteiger partial charge on any atom is 0.399 e. The van der Waals surface area contributed by atoms with E-state index in [4.69, 9.17) is 23.2 Å². The molecule has 0 aliphatic carbocycles. The Bertz CT molecular complexity index is 1200. The van der Waals surface area contributed by atoms with Crippen LogP contribution in [-0.4, -0.2) is 22.9 Å². The Morgan fingerprint density at radius 2 is 1.39 bits per heavy atom. The van der Waals surface area contributed by atoms with Crippen LogP contribution in [0.2, 0.25) is 10.0 Å². The van der Waals surface area contributed by atoms with Crippen LogP contribution >= 0.6 is 23.2 Å². The molecule has 1 atom stereocenters. The van der Waals surface area contributed by atoms with E-state index >= 15 is 0 Å². The average molecular weight is 490 g/mol. The number of nitrogens with zero attached hydrogens (tertiary/aromatic N) is 1. The molecule has 3 aromatic carbocycles. The molecule has 3 aromatic rings. The van der Waals surface area contributed by atoms with E-state index in [0.29, 0.717) is 22.3 Å². The molecule has 1 heterocycles. The molecule has 3 nitrogen and oxygen atoms in total. The number of carbonyl (C=O) groups is 2. The highest BCUT2D eigenvalue weighted by Gasteiger charge is 2.39. The van der Waals surface area contributed by atoms with Crippen LogP contribution in [0.1, 0.15) is 43.3 Å². The van der Waals surface area contributed by atoms with Crippen molar-refractivity contribution in [2.24, 2.45) is 0 Å². The zero-order chi connectivity index (χ0) is 23.8. The second kappa shape index (κ2) is 9.04. The number of fused-ring (bicyclic) bond motifs is 1. The van der Waals surface area contributed by atoms with E-state index in [9.17, 15) is 22.8 Å². The molecule has 168 valence electrons. The highest BCUT2D eigenvalue weighted by Crippen LogP contribution is 2.38. The van der Waals surface area contributed by atoms with Gasteiger partial charge in [-0.15, -0.1) is 0 Å². The molecule has 0 saturated carbocycles. The van der Waals surface area contributed by atoms with E-state index in [1.807, 2.05) is 0 Å². The predicted molar refractivity (Wildman–Crippen MR) is 121 cm³/mol. The summed E-state index contributed by atoms with van der Waals surface area (Å²) in [6, 6.07) is 17.0. The largest absolute Gasteiger partial charge is 0.399 e. The lowest BCUT2D eigenvalue weighted by molar-refractivity contribution is -0.139. The van der Waals surface area contributed by atoms with Crippen LogP contribution in [-0.2, 0) is 6.54 Å². The molecule has 33 heavy (non-hydrogen) atoms. The molecule has 0 spiro atoms. The summed E-state index contributed by atoms with van der Waals surface area (Å²) >= 11 is 11.7. The maximum absolute atomic E-state index is 13.6. The summed E-state index contributed by atoms with van der Waals surface area (Å²) in [5.74, 6) is -2.62. The minimum Gasteiger partial charge on any atom is -0.270 e. The maximum atomic E-state index is 13.6. The molecule has 1 aliphatic heterocycles. The molecule has 1 aliphatic rings. The fraction of sp³-hybridized carbons (Fsp3) is 0.120. The van der Waals surface area contributed by atoms with Crippen LogP contribution in [0.4, 0.5) is 13.2 Å². The lowest BCUT2D eigenvalue weighted by Crippen LogP contribution is -2.29. The molecule has 0 aromatic heterocycles. The minimum atomic E-state index is -4.53. The third-order valence-electron chi connectivity index (χ3n) is 5.28. The number of hydrogen-bond donors (Lipinski definition) is 0. The second-order valence-electron chi connectivity index (χ2n) is 7.56. The van der Waals surface area contributed by atoms with E-state index < -0.39 is 12.1 Å². The molecule has 0 fully saturated rings. The summed E-state index contributed by atoms with van der Waals surface area (Å²) in [7, 11) is 0. The van der Waals surface area contributed by atoms with Crippen molar-refractivity contribution in [1.29, 1.82) is 0 Å². The summed E-state index contributed by atoms with van der Waals surface area (Å²) in [6.45, 7) is 0.0720. The Morgan fingerprint density at radius 3 is 1.91 bits per heavy atom. The lowest BCUT2D eigenvalue weighted by atomic mass is 9.97. The first kappa shape index (κ1) is 23.1. The van der Waals surface area contributed by atoms with Gasteiger partial charge in [0.15, 0.2) is 0 Å². The van der Waals surface area contributed by atoms with Gasteiger partial charge in [-0.3, -0.25) is 14.5 Å². The third kappa shape index (κ3) is 4.97. The van der Waals surface area contributed by atoms with Crippen molar-refractivity contribution in [2.45, 2.75) is 18.6 Å². The lowest BCUT2D eigenvalue weighted by Gasteiger charge is -2.18. The zero-order valence-corrected chi connectivity index (χ0v) is 18.5. The second-order valence-corrected chi connectivity index (χ2v) is 8.44. The number of rotatable bonds is 5. The van der Waals surface area contributed by atoms with Crippen LogP contribution in [0.15, 0.2) is 72.8 Å². The van der Waals surface area contributed by atoms with Crippen molar-refractivity contribution in [3.05, 3.63) is 111 Å². The number of allylic oxidation sites excluding steroid dienone is 1. The van der Waals surface area contributed by atoms with Gasteiger partial charge in [-0.25, -0.2) is 0 Å². The van der Waals surface area contributed by atoms with Gasteiger partial charge in [-0.1, -0.05) is 71.8 Å². The number of halogens is 5. The van der Waals surface area contributed by atoms with E-state index in [1.165, 1.54) is 24.3 Å². The van der Waals surface area contributed by atoms with Crippen LogP contribution < -0.4 is 0 Å². The minimum absolute atomic E-state index is 0.0569. The monoisotopic (exact) mass is 489 g/mol. The van der Waals surface area contributed by atoms with E-state index in [2.05, 4.69) is 0 Å². The molecule has 0 radical (unpaired) electrons. The third-order valence-corrected chi connectivity index (χ3v) is 5.71. The standard InChI is InChI=1S/C25H16Cl2F3NO2/c26-18-11-17(12-19(27)13-18)22(25(28,29)30)10-9-15-5-7-16(8-6-15)14-31-23(32)20-3-1-2-4-21(20)24(31)33/h1-13,22H,14H2. The van der Waals surface area contributed by atoms with E-state index in [-0.39, 0.29) is 34.0 Å². The Balaban J connectivity index is 1.51. The van der Waals surface area contributed by atoms with Crippen molar-refractivity contribution in [2.75, 3.05) is 0 Å². The highest BCUT2D eigenvalue weighted by atomic mass is 35.5. The first-order valence-corrected chi connectivity index (χ1v) is 10.6. The van der Waals surface area contributed by atoms with Gasteiger partial charge in [0.25, 0.3) is 11.8 Å². The fourth-order valence-corrected chi connectivity index (χ4v) is 4.21. The van der Waals surface area contributed by atoms with Crippen molar-refractivity contribution in [3.8, 4) is 0 Å². The van der Waals surface area contributed by atoms with E-state index in [0.717, 1.165) is 11.0 Å². The van der Waals surface area contributed by atoms with Gasteiger partial charge in [0.2, 0.25) is 0 Å². The molecule has 0 bridgehead atoms. The van der Waals surface area contributed by atoms with Gasteiger partial charge < -0.3 is 0 Å². The summed E-state index contributed by atoms with van der Waals surface area (Å²) in [5, 5.41) is 0.246. The van der Waals surface area contributed by atoms with Crippen LogP contribution in [0, 0.1) is 0 Å². The van der Waals surface area contributed by atoms with Gasteiger partial charge in [-0.05, 0) is 47.0 Å². The van der Waals surface area contributed by atoms with Crippen molar-refractivity contribution >= 4 is 41.1 Å².